The van der Waals surface area contributed by atoms with Crippen LogP contribution in [0.25, 0.3) is 0 Å². The van der Waals surface area contributed by atoms with Gasteiger partial charge in [-0.25, -0.2) is 13.1 Å². The molecule has 3 rings (SSSR count). The van der Waals surface area contributed by atoms with E-state index in [-0.39, 0.29) is 24.4 Å². The molecule has 0 amide bonds. The second-order valence-electron chi connectivity index (χ2n) is 7.28. The van der Waals surface area contributed by atoms with Crippen molar-refractivity contribution in [3.63, 3.8) is 0 Å². The molecule has 0 aromatic carbocycles. The van der Waals surface area contributed by atoms with E-state index in [2.05, 4.69) is 4.72 Å². The van der Waals surface area contributed by atoms with Gasteiger partial charge in [-0.1, -0.05) is 6.42 Å². The topological polar surface area (TPSA) is 86.7 Å². The van der Waals surface area contributed by atoms with Gasteiger partial charge in [0.25, 0.3) is 0 Å². The summed E-state index contributed by atoms with van der Waals surface area (Å²) >= 11 is 0. The molecule has 3 aliphatic rings. The van der Waals surface area contributed by atoms with Crippen LogP contribution in [-0.4, -0.2) is 55.3 Å². The van der Waals surface area contributed by atoms with Gasteiger partial charge >= 0.3 is 5.97 Å². The highest BCUT2D eigenvalue weighted by Gasteiger charge is 2.39. The number of carboxylic acid groups (broad SMARTS) is 1. The highest BCUT2D eigenvalue weighted by Crippen LogP contribution is 2.34. The molecule has 0 unspecified atom stereocenters. The fraction of sp³-hybridized carbons (Fsp3) is 0.933. The van der Waals surface area contributed by atoms with Crippen molar-refractivity contribution < 1.29 is 18.3 Å². The Morgan fingerprint density at radius 2 is 1.82 bits per heavy atom. The highest BCUT2D eigenvalue weighted by atomic mass is 32.2. The number of carboxylic acids is 1. The molecule has 0 heterocycles. The third-order valence-corrected chi connectivity index (χ3v) is 6.79. The molecule has 3 aliphatic carbocycles. The fourth-order valence-electron chi connectivity index (χ4n) is 3.40. The van der Waals surface area contributed by atoms with Crippen molar-refractivity contribution >= 4 is 16.0 Å². The molecular formula is C15H26N2O4S. The number of rotatable bonds is 9. The van der Waals surface area contributed by atoms with Gasteiger partial charge in [-0.05, 0) is 50.4 Å². The van der Waals surface area contributed by atoms with Crippen LogP contribution >= 0.6 is 0 Å². The van der Waals surface area contributed by atoms with Gasteiger partial charge in [-0.2, -0.15) is 0 Å². The lowest BCUT2D eigenvalue weighted by Crippen LogP contribution is -2.55. The molecule has 0 aromatic rings. The van der Waals surface area contributed by atoms with E-state index in [1.165, 1.54) is 12.8 Å². The fourth-order valence-corrected chi connectivity index (χ4v) is 5.15. The van der Waals surface area contributed by atoms with Gasteiger partial charge in [0.1, 0.15) is 0 Å². The van der Waals surface area contributed by atoms with Crippen molar-refractivity contribution in [2.75, 3.05) is 18.8 Å². The highest BCUT2D eigenvalue weighted by molar-refractivity contribution is 7.89. The standard InChI is InChI=1S/C15H26N2O4S/c18-15(19)9-17(8-11-4-5-11)14-6-13(7-14)16-22(20,21)10-12-2-1-3-12/h11-14,16H,1-10H2,(H,18,19). The maximum absolute atomic E-state index is 12.1. The average Bonchev–Trinajstić information content (AvgIpc) is 3.11. The number of aliphatic carboxylic acids is 1. The van der Waals surface area contributed by atoms with E-state index in [9.17, 15) is 13.2 Å². The Hall–Kier alpha value is -0.660. The predicted molar refractivity (Wildman–Crippen MR) is 83.0 cm³/mol. The molecule has 0 atom stereocenters. The van der Waals surface area contributed by atoms with Crippen LogP contribution < -0.4 is 4.72 Å². The molecule has 0 radical (unpaired) electrons. The zero-order chi connectivity index (χ0) is 15.7. The molecule has 0 spiro atoms. The number of nitrogens with one attached hydrogen (secondary N) is 1. The number of nitrogens with zero attached hydrogens (tertiary/aromatic N) is 1. The maximum Gasteiger partial charge on any atom is 0.317 e. The minimum Gasteiger partial charge on any atom is -0.480 e. The minimum absolute atomic E-state index is 0.00873. The first-order chi connectivity index (χ1) is 10.4. The molecule has 2 N–H and O–H groups in total. The average molecular weight is 330 g/mol. The summed E-state index contributed by atoms with van der Waals surface area (Å²) in [5.74, 6) is 0.449. The van der Waals surface area contributed by atoms with Gasteiger partial charge in [-0.15, -0.1) is 0 Å². The molecular weight excluding hydrogens is 304 g/mol. The molecule has 0 bridgehead atoms. The SMILES string of the molecule is O=C(O)CN(CC1CC1)C1CC(NS(=O)(=O)CC2CCC2)C1. The van der Waals surface area contributed by atoms with Crippen molar-refractivity contribution in [1.29, 1.82) is 0 Å². The molecule has 3 fully saturated rings. The first kappa shape index (κ1) is 16.2. The molecule has 126 valence electrons. The summed E-state index contributed by atoms with van der Waals surface area (Å²) in [4.78, 5) is 13.0. The minimum atomic E-state index is -3.17. The van der Waals surface area contributed by atoms with Crippen molar-refractivity contribution in [3.8, 4) is 0 Å². The number of carbonyl (C=O) groups is 1. The van der Waals surface area contributed by atoms with Gasteiger partial charge in [0.05, 0.1) is 12.3 Å². The number of sulfonamides is 1. The van der Waals surface area contributed by atoms with Crippen molar-refractivity contribution in [1.82, 2.24) is 9.62 Å². The van der Waals surface area contributed by atoms with E-state index in [0.717, 1.165) is 38.6 Å². The van der Waals surface area contributed by atoms with E-state index in [0.29, 0.717) is 11.8 Å². The van der Waals surface area contributed by atoms with Crippen LogP contribution in [0.1, 0.15) is 44.9 Å². The second kappa shape index (κ2) is 6.45. The van der Waals surface area contributed by atoms with E-state index in [4.69, 9.17) is 5.11 Å². The smallest absolute Gasteiger partial charge is 0.317 e. The summed E-state index contributed by atoms with van der Waals surface area (Å²) in [6.07, 6.45) is 7.08. The zero-order valence-corrected chi connectivity index (χ0v) is 13.7. The van der Waals surface area contributed by atoms with Crippen LogP contribution in [-0.2, 0) is 14.8 Å². The van der Waals surface area contributed by atoms with Crippen LogP contribution in [0.15, 0.2) is 0 Å². The Morgan fingerprint density at radius 3 is 2.32 bits per heavy atom. The Kier molecular flexibility index (Phi) is 4.75. The lowest BCUT2D eigenvalue weighted by atomic mass is 9.86. The van der Waals surface area contributed by atoms with E-state index in [1.807, 2.05) is 4.90 Å². The maximum atomic E-state index is 12.1. The quantitative estimate of drug-likeness (QED) is 0.659. The summed E-state index contributed by atoms with van der Waals surface area (Å²) in [5.41, 5.74) is 0. The Morgan fingerprint density at radius 1 is 1.14 bits per heavy atom. The lowest BCUT2D eigenvalue weighted by Gasteiger charge is -2.42. The summed E-state index contributed by atoms with van der Waals surface area (Å²) in [7, 11) is -3.17. The second-order valence-corrected chi connectivity index (χ2v) is 9.08. The first-order valence-corrected chi connectivity index (χ1v) is 10.0. The van der Waals surface area contributed by atoms with E-state index < -0.39 is 16.0 Å². The largest absolute Gasteiger partial charge is 0.480 e. The number of hydrogen-bond acceptors (Lipinski definition) is 4. The van der Waals surface area contributed by atoms with Gasteiger partial charge in [0, 0.05) is 18.6 Å². The van der Waals surface area contributed by atoms with Crippen LogP contribution in [0.3, 0.4) is 0 Å². The molecule has 7 heteroatoms. The van der Waals surface area contributed by atoms with Gasteiger partial charge in [0.15, 0.2) is 0 Å². The van der Waals surface area contributed by atoms with Crippen molar-refractivity contribution in [3.05, 3.63) is 0 Å². The Bertz CT molecular complexity index is 508. The Labute approximate surface area is 132 Å². The third kappa shape index (κ3) is 4.43. The van der Waals surface area contributed by atoms with Gasteiger partial charge < -0.3 is 5.11 Å². The van der Waals surface area contributed by atoms with E-state index in [1.54, 1.807) is 0 Å². The van der Waals surface area contributed by atoms with Crippen molar-refractivity contribution in [2.24, 2.45) is 11.8 Å². The molecule has 6 nitrogen and oxygen atoms in total. The van der Waals surface area contributed by atoms with Gasteiger partial charge in [0.2, 0.25) is 10.0 Å². The Balaban J connectivity index is 1.43. The summed E-state index contributed by atoms with van der Waals surface area (Å²) in [5, 5.41) is 9.02. The molecule has 22 heavy (non-hydrogen) atoms. The molecule has 0 aromatic heterocycles. The lowest BCUT2D eigenvalue weighted by molar-refractivity contribution is -0.139. The number of hydrogen-bond donors (Lipinski definition) is 2. The normalized spacial score (nSPS) is 29.1. The monoisotopic (exact) mass is 330 g/mol. The third-order valence-electron chi connectivity index (χ3n) is 5.18. The first-order valence-electron chi connectivity index (χ1n) is 8.37. The van der Waals surface area contributed by atoms with Crippen LogP contribution in [0.2, 0.25) is 0 Å². The van der Waals surface area contributed by atoms with Crippen molar-refractivity contribution in [2.45, 2.75) is 57.0 Å². The van der Waals surface area contributed by atoms with Crippen LogP contribution in [0.4, 0.5) is 0 Å². The molecule has 3 saturated carbocycles. The molecule has 0 aliphatic heterocycles. The predicted octanol–water partition coefficient (Wildman–Crippen LogP) is 1.03. The summed E-state index contributed by atoms with van der Waals surface area (Å²) in [6, 6.07) is 0.207. The zero-order valence-electron chi connectivity index (χ0n) is 12.9. The summed E-state index contributed by atoms with van der Waals surface area (Å²) < 4.78 is 26.9. The van der Waals surface area contributed by atoms with Crippen LogP contribution in [0, 0.1) is 11.8 Å². The summed E-state index contributed by atoms with van der Waals surface area (Å²) in [6.45, 7) is 0.918. The molecule has 0 saturated heterocycles. The van der Waals surface area contributed by atoms with Crippen LogP contribution in [0.5, 0.6) is 0 Å². The van der Waals surface area contributed by atoms with Gasteiger partial charge in [-0.3, -0.25) is 9.69 Å². The van der Waals surface area contributed by atoms with E-state index >= 15 is 0 Å².